The van der Waals surface area contributed by atoms with Gasteiger partial charge in [0.25, 0.3) is 0 Å². The Kier molecular flexibility index (Phi) is 7.10. The van der Waals surface area contributed by atoms with Gasteiger partial charge >= 0.3 is 240 Å². The number of rotatable bonds is 3. The zero-order valence-electron chi connectivity index (χ0n) is 25.1. The van der Waals surface area contributed by atoms with Crippen molar-refractivity contribution < 1.29 is 21.3 Å². The molecule has 5 rings (SSSR count). The molecule has 2 aliphatic rings. The van der Waals surface area contributed by atoms with Crippen LogP contribution in [0, 0.1) is 12.8 Å². The molecular weight excluding hydrogens is 536 g/mol. The van der Waals surface area contributed by atoms with Crippen molar-refractivity contribution >= 4 is 6.98 Å². The second-order valence-electron chi connectivity index (χ2n) is 13.7. The molecule has 0 aromatic heterocycles. The molecule has 3 aromatic rings. The summed E-state index contributed by atoms with van der Waals surface area (Å²) in [5.41, 5.74) is 15.1. The van der Waals surface area contributed by atoms with Crippen LogP contribution in [-0.2, 0) is 38.5 Å². The van der Waals surface area contributed by atoms with Crippen LogP contribution in [0.3, 0.4) is 0 Å². The predicted molar refractivity (Wildman–Crippen MR) is 164 cm³/mol. The Labute approximate surface area is 239 Å². The first kappa shape index (κ1) is 27.5. The van der Waals surface area contributed by atoms with E-state index >= 15 is 0 Å². The summed E-state index contributed by atoms with van der Waals surface area (Å²) >= 11 is -2.51. The molecule has 0 nitrogen and oxygen atoms in total. The molecule has 0 spiro atoms. The molecule has 1 heteroatoms. The number of hydrogen-bond acceptors (Lipinski definition) is 0. The van der Waals surface area contributed by atoms with E-state index in [1.807, 2.05) is 0 Å². The number of aryl methyl sites for hydroxylation is 1. The first-order valence-electron chi connectivity index (χ1n) is 14.2. The van der Waals surface area contributed by atoms with Gasteiger partial charge in [-0.2, -0.15) is 0 Å². The molecule has 196 valence electrons. The summed E-state index contributed by atoms with van der Waals surface area (Å²) in [5.74, 6) is 0.519. The van der Waals surface area contributed by atoms with Crippen molar-refractivity contribution in [2.75, 3.05) is 0 Å². The average molecular weight is 580 g/mol. The maximum atomic E-state index is 2.75. The van der Waals surface area contributed by atoms with Gasteiger partial charge < -0.3 is 0 Å². The van der Waals surface area contributed by atoms with Crippen LogP contribution in [0.25, 0.3) is 11.1 Å². The SMILES string of the molecule is CC1=CC(C)[C](/[Zr](=[CH]/c2ccc(C)cc2)[c]2c(C(C)(C)C)ccc3c2Cc2cc(C(C)(C)C)ccc2-3)=C1C. The van der Waals surface area contributed by atoms with Crippen LogP contribution in [0.15, 0.2) is 75.1 Å². The Balaban J connectivity index is 1.81. The molecule has 1 unspecified atom stereocenters. The van der Waals surface area contributed by atoms with Crippen LogP contribution in [0.5, 0.6) is 0 Å². The third-order valence-electron chi connectivity index (χ3n) is 8.65. The summed E-state index contributed by atoms with van der Waals surface area (Å²) < 4.78 is 6.24. The fourth-order valence-corrected chi connectivity index (χ4v) is 15.1. The summed E-state index contributed by atoms with van der Waals surface area (Å²) in [4.78, 5) is 0. The van der Waals surface area contributed by atoms with E-state index in [1.54, 1.807) is 23.3 Å². The first-order valence-corrected chi connectivity index (χ1v) is 18.1. The Bertz CT molecular complexity index is 1510. The number of hydrogen-bond donors (Lipinski definition) is 0. The van der Waals surface area contributed by atoms with Gasteiger partial charge in [0.15, 0.2) is 0 Å². The van der Waals surface area contributed by atoms with Gasteiger partial charge in [0, 0.05) is 0 Å². The zero-order chi connectivity index (χ0) is 27.6. The van der Waals surface area contributed by atoms with E-state index in [-0.39, 0.29) is 10.8 Å². The van der Waals surface area contributed by atoms with Crippen molar-refractivity contribution in [2.24, 2.45) is 5.92 Å². The molecule has 0 bridgehead atoms. The van der Waals surface area contributed by atoms with Crippen LogP contribution in [-0.4, -0.2) is 3.71 Å². The molecular formula is C37H44Zr. The molecule has 38 heavy (non-hydrogen) atoms. The van der Waals surface area contributed by atoms with Crippen LogP contribution in [0.2, 0.25) is 0 Å². The first-order chi connectivity index (χ1) is 17.8. The molecule has 0 saturated heterocycles. The summed E-state index contributed by atoms with van der Waals surface area (Å²) in [6, 6.07) is 21.4. The van der Waals surface area contributed by atoms with Gasteiger partial charge in [0.05, 0.1) is 0 Å². The topological polar surface area (TPSA) is 0 Å². The van der Waals surface area contributed by atoms with Crippen molar-refractivity contribution in [3.8, 4) is 11.1 Å². The van der Waals surface area contributed by atoms with Gasteiger partial charge in [0.2, 0.25) is 0 Å². The van der Waals surface area contributed by atoms with Crippen LogP contribution in [0.1, 0.15) is 95.7 Å². The summed E-state index contributed by atoms with van der Waals surface area (Å²) in [6.45, 7) is 23.5. The van der Waals surface area contributed by atoms with E-state index in [2.05, 4.69) is 134 Å². The van der Waals surface area contributed by atoms with E-state index in [4.69, 9.17) is 0 Å². The summed E-state index contributed by atoms with van der Waals surface area (Å²) in [7, 11) is 0. The van der Waals surface area contributed by atoms with Crippen LogP contribution in [0.4, 0.5) is 0 Å². The van der Waals surface area contributed by atoms with Gasteiger partial charge in [-0.3, -0.25) is 0 Å². The Hall–Kier alpha value is -2.11. The van der Waals surface area contributed by atoms with E-state index < -0.39 is 21.3 Å². The van der Waals surface area contributed by atoms with E-state index in [0.717, 1.165) is 6.42 Å². The molecule has 0 radical (unpaired) electrons. The third-order valence-corrected chi connectivity index (χ3v) is 16.4. The Morgan fingerprint density at radius 3 is 2.03 bits per heavy atom. The minimum absolute atomic E-state index is 0.0986. The number of benzene rings is 3. The second-order valence-corrected chi connectivity index (χ2v) is 19.0. The molecule has 1 atom stereocenters. The fourth-order valence-electron chi connectivity index (χ4n) is 6.37. The number of fused-ring (bicyclic) bond motifs is 3. The fraction of sp³-hybridized carbons (Fsp3) is 0.378. The second kappa shape index (κ2) is 9.82. The van der Waals surface area contributed by atoms with Gasteiger partial charge in [-0.15, -0.1) is 0 Å². The van der Waals surface area contributed by atoms with Crippen molar-refractivity contribution in [3.05, 3.63) is 108 Å². The molecule has 0 amide bonds. The minimum atomic E-state index is -2.51. The third kappa shape index (κ3) is 4.97. The van der Waals surface area contributed by atoms with E-state index in [0.29, 0.717) is 5.92 Å². The molecule has 0 heterocycles. The van der Waals surface area contributed by atoms with Gasteiger partial charge in [-0.25, -0.2) is 0 Å². The van der Waals surface area contributed by atoms with Crippen LogP contribution >= 0.6 is 0 Å². The predicted octanol–water partition coefficient (Wildman–Crippen LogP) is 9.13. The quantitative estimate of drug-likeness (QED) is 0.227. The zero-order valence-corrected chi connectivity index (χ0v) is 27.6. The maximum absolute atomic E-state index is 2.75. The Morgan fingerprint density at radius 2 is 1.45 bits per heavy atom. The molecule has 3 aromatic carbocycles. The van der Waals surface area contributed by atoms with E-state index in [1.165, 1.54) is 39.0 Å². The normalized spacial score (nSPS) is 17.6. The summed E-state index contributed by atoms with van der Waals surface area (Å²) in [6.07, 6.45) is 3.57. The summed E-state index contributed by atoms with van der Waals surface area (Å²) in [5, 5.41) is 0. The van der Waals surface area contributed by atoms with Crippen LogP contribution < -0.4 is 3.27 Å². The molecule has 2 aliphatic carbocycles. The number of allylic oxidation sites excluding steroid dienone is 4. The molecule has 0 N–H and O–H groups in total. The Morgan fingerprint density at radius 1 is 0.789 bits per heavy atom. The van der Waals surface area contributed by atoms with Crippen molar-refractivity contribution in [1.29, 1.82) is 0 Å². The standard InChI is InChI=1S/C21H25.C8H11.C8H8.Zr/c1-20(2,3)16-7-9-18-14(12-16)11-15-13-17(21(4,5)6)8-10-19(15)18;1-6-4-7(2)8(3)5-6;1-7-3-5-8(2)6-4-7;/h7-10,12H,11H2,1-6H3;4,6H,1-3H3;1,3-6H,2H3;. The van der Waals surface area contributed by atoms with Gasteiger partial charge in [0.1, 0.15) is 0 Å². The van der Waals surface area contributed by atoms with Crippen molar-refractivity contribution in [2.45, 2.75) is 86.5 Å². The van der Waals surface area contributed by atoms with E-state index in [9.17, 15) is 0 Å². The van der Waals surface area contributed by atoms with Gasteiger partial charge in [-0.05, 0) is 0 Å². The van der Waals surface area contributed by atoms with Crippen molar-refractivity contribution in [3.63, 3.8) is 0 Å². The molecule has 0 saturated carbocycles. The molecule has 0 fully saturated rings. The van der Waals surface area contributed by atoms with Gasteiger partial charge in [-0.1, -0.05) is 0 Å². The monoisotopic (exact) mass is 578 g/mol. The van der Waals surface area contributed by atoms with Crippen molar-refractivity contribution in [1.82, 2.24) is 0 Å². The molecule has 0 aliphatic heterocycles. The average Bonchev–Trinajstić information content (AvgIpc) is 3.32.